The summed E-state index contributed by atoms with van der Waals surface area (Å²) < 4.78 is 16.7. The molecule has 0 aliphatic rings. The van der Waals surface area contributed by atoms with E-state index in [4.69, 9.17) is 14.2 Å². The van der Waals surface area contributed by atoms with Crippen molar-refractivity contribution < 1.29 is 28.6 Å². The Hall–Kier alpha value is -2.37. The largest absolute Gasteiger partial charge is 0.462 e. The number of carbonyl (C=O) groups excluding carboxylic acids is 3. The molecule has 0 fully saturated rings. The molecule has 0 saturated heterocycles. The molecule has 6 heteroatoms. The van der Waals surface area contributed by atoms with Crippen LogP contribution in [0, 0.1) is 0 Å². The highest BCUT2D eigenvalue weighted by atomic mass is 16.6. The molecule has 62 heavy (non-hydrogen) atoms. The average Bonchev–Trinajstić information content (AvgIpc) is 3.27. The van der Waals surface area contributed by atoms with Crippen LogP contribution >= 0.6 is 0 Å². The minimum absolute atomic E-state index is 0.0767. The second-order valence-corrected chi connectivity index (χ2v) is 18.1. The Kier molecular flexibility index (Phi) is 49.3. The zero-order valence-corrected chi connectivity index (χ0v) is 41.4. The minimum atomic E-state index is -0.774. The number of esters is 3. The molecule has 362 valence electrons. The standard InChI is InChI=1S/C56H102O6/c1-4-7-10-13-15-17-19-21-23-25-26-27-28-29-30-31-33-34-36-38-40-43-46-49-55(58)61-52-53(51-60-54(57)48-45-42-12-9-6-3)62-56(59)50-47-44-41-39-37-35-32-24-22-20-18-16-14-11-8-5-2/h18,20,24-26,32,53H,4-17,19,21-23,27-31,33-52H2,1-3H3/b20-18-,26-25-,32-24-. The van der Waals surface area contributed by atoms with E-state index in [0.29, 0.717) is 19.3 Å². The van der Waals surface area contributed by atoms with Gasteiger partial charge in [0.25, 0.3) is 0 Å². The third-order valence-electron chi connectivity index (χ3n) is 11.9. The van der Waals surface area contributed by atoms with Crippen molar-refractivity contribution in [3.8, 4) is 0 Å². The van der Waals surface area contributed by atoms with Crippen LogP contribution in [0.1, 0.15) is 284 Å². The number of allylic oxidation sites excluding steroid dienone is 6. The van der Waals surface area contributed by atoms with Gasteiger partial charge in [-0.1, -0.05) is 224 Å². The van der Waals surface area contributed by atoms with E-state index in [2.05, 4.69) is 57.2 Å². The van der Waals surface area contributed by atoms with Crippen LogP contribution in [0.15, 0.2) is 36.5 Å². The molecule has 0 aliphatic carbocycles. The summed E-state index contributed by atoms with van der Waals surface area (Å²) in [5, 5.41) is 0. The molecule has 0 spiro atoms. The lowest BCUT2D eigenvalue weighted by Gasteiger charge is -2.18. The molecule has 6 nitrogen and oxygen atoms in total. The number of carbonyl (C=O) groups is 3. The third kappa shape index (κ3) is 48.7. The van der Waals surface area contributed by atoms with Crippen molar-refractivity contribution in [2.24, 2.45) is 0 Å². The molecule has 0 amide bonds. The molecule has 0 aromatic carbocycles. The number of ether oxygens (including phenoxy) is 3. The van der Waals surface area contributed by atoms with Gasteiger partial charge in [-0.25, -0.2) is 0 Å². The number of rotatable bonds is 49. The minimum Gasteiger partial charge on any atom is -0.462 e. The maximum absolute atomic E-state index is 12.7. The van der Waals surface area contributed by atoms with Crippen molar-refractivity contribution in [1.29, 1.82) is 0 Å². The van der Waals surface area contributed by atoms with E-state index in [9.17, 15) is 14.4 Å². The van der Waals surface area contributed by atoms with Crippen LogP contribution in [0.2, 0.25) is 0 Å². The molecule has 0 bridgehead atoms. The van der Waals surface area contributed by atoms with E-state index in [-0.39, 0.29) is 31.1 Å². The van der Waals surface area contributed by atoms with Gasteiger partial charge >= 0.3 is 17.9 Å². The van der Waals surface area contributed by atoms with E-state index in [1.807, 2.05) is 0 Å². The Bertz CT molecular complexity index is 1050. The maximum Gasteiger partial charge on any atom is 0.306 e. The lowest BCUT2D eigenvalue weighted by Crippen LogP contribution is -2.30. The van der Waals surface area contributed by atoms with Crippen LogP contribution in [0.25, 0.3) is 0 Å². The normalized spacial score (nSPS) is 12.2. The third-order valence-corrected chi connectivity index (χ3v) is 11.9. The summed E-state index contributed by atoms with van der Waals surface area (Å²) in [7, 11) is 0. The average molecular weight is 871 g/mol. The Labute approximate surface area is 385 Å². The summed E-state index contributed by atoms with van der Waals surface area (Å²) in [4.78, 5) is 37.7. The van der Waals surface area contributed by atoms with Gasteiger partial charge in [-0.2, -0.15) is 0 Å². The van der Waals surface area contributed by atoms with Crippen molar-refractivity contribution in [2.45, 2.75) is 290 Å². The quantitative estimate of drug-likeness (QED) is 0.0262. The van der Waals surface area contributed by atoms with E-state index in [1.165, 1.54) is 154 Å². The lowest BCUT2D eigenvalue weighted by atomic mass is 10.0. The van der Waals surface area contributed by atoms with Gasteiger partial charge in [0.05, 0.1) is 0 Å². The molecular weight excluding hydrogens is 769 g/mol. The predicted molar refractivity (Wildman–Crippen MR) is 266 cm³/mol. The number of hydrogen-bond donors (Lipinski definition) is 0. The van der Waals surface area contributed by atoms with Crippen LogP contribution in [0.5, 0.6) is 0 Å². The molecule has 0 radical (unpaired) electrons. The van der Waals surface area contributed by atoms with Crippen molar-refractivity contribution >= 4 is 17.9 Å². The second-order valence-electron chi connectivity index (χ2n) is 18.1. The predicted octanol–water partition coefficient (Wildman–Crippen LogP) is 17.7. The summed E-state index contributed by atoms with van der Waals surface area (Å²) >= 11 is 0. The van der Waals surface area contributed by atoms with Crippen LogP contribution < -0.4 is 0 Å². The van der Waals surface area contributed by atoms with Crippen molar-refractivity contribution in [3.63, 3.8) is 0 Å². The van der Waals surface area contributed by atoms with Gasteiger partial charge in [-0.15, -0.1) is 0 Å². The molecule has 0 heterocycles. The van der Waals surface area contributed by atoms with E-state index in [0.717, 1.165) is 89.9 Å². The first kappa shape index (κ1) is 59.6. The molecule has 1 unspecified atom stereocenters. The molecule has 0 aromatic rings. The van der Waals surface area contributed by atoms with Gasteiger partial charge in [0.1, 0.15) is 13.2 Å². The van der Waals surface area contributed by atoms with Crippen LogP contribution in [-0.2, 0) is 28.6 Å². The Balaban J connectivity index is 4.10. The van der Waals surface area contributed by atoms with E-state index < -0.39 is 6.10 Å². The monoisotopic (exact) mass is 871 g/mol. The molecule has 0 aromatic heterocycles. The summed E-state index contributed by atoms with van der Waals surface area (Å²) in [6.45, 7) is 6.55. The van der Waals surface area contributed by atoms with Gasteiger partial charge in [0, 0.05) is 19.3 Å². The second kappa shape index (κ2) is 51.3. The summed E-state index contributed by atoms with van der Waals surface area (Å²) in [6, 6.07) is 0. The number of hydrogen-bond acceptors (Lipinski definition) is 6. The topological polar surface area (TPSA) is 78.9 Å². The smallest absolute Gasteiger partial charge is 0.306 e. The Morgan fingerprint density at radius 1 is 0.323 bits per heavy atom. The SMILES string of the molecule is CCCCCC/C=C\C/C=C\CCCCCCCC(=O)OC(COC(=O)CCCCCCC)COC(=O)CCCCCCCCCCCCC/C=C\CCCCCCCCCC. The van der Waals surface area contributed by atoms with E-state index >= 15 is 0 Å². The van der Waals surface area contributed by atoms with Crippen molar-refractivity contribution in [3.05, 3.63) is 36.5 Å². The van der Waals surface area contributed by atoms with Crippen LogP contribution in [0.4, 0.5) is 0 Å². The van der Waals surface area contributed by atoms with Gasteiger partial charge in [-0.3, -0.25) is 14.4 Å². The summed E-state index contributed by atoms with van der Waals surface area (Å²) in [5.74, 6) is -0.896. The molecule has 1 atom stereocenters. The highest BCUT2D eigenvalue weighted by molar-refractivity contribution is 5.71. The molecule has 0 saturated carbocycles. The van der Waals surface area contributed by atoms with Gasteiger partial charge in [-0.05, 0) is 77.0 Å². The Morgan fingerprint density at radius 3 is 0.919 bits per heavy atom. The van der Waals surface area contributed by atoms with Gasteiger partial charge in [0.15, 0.2) is 6.10 Å². The fourth-order valence-corrected chi connectivity index (χ4v) is 7.76. The molecule has 0 rings (SSSR count). The maximum atomic E-state index is 12.7. The summed E-state index contributed by atoms with van der Waals surface area (Å²) in [6.07, 6.45) is 60.3. The summed E-state index contributed by atoms with van der Waals surface area (Å²) in [5.41, 5.74) is 0. The van der Waals surface area contributed by atoms with Crippen LogP contribution in [-0.4, -0.2) is 37.2 Å². The Morgan fingerprint density at radius 2 is 0.581 bits per heavy atom. The van der Waals surface area contributed by atoms with Gasteiger partial charge < -0.3 is 14.2 Å². The lowest BCUT2D eigenvalue weighted by molar-refractivity contribution is -0.167. The highest BCUT2D eigenvalue weighted by Gasteiger charge is 2.19. The zero-order valence-electron chi connectivity index (χ0n) is 41.4. The van der Waals surface area contributed by atoms with Crippen molar-refractivity contribution in [2.75, 3.05) is 13.2 Å². The van der Waals surface area contributed by atoms with Gasteiger partial charge in [0.2, 0.25) is 0 Å². The number of unbranched alkanes of at least 4 members (excludes halogenated alkanes) is 32. The van der Waals surface area contributed by atoms with Crippen molar-refractivity contribution in [1.82, 2.24) is 0 Å². The highest BCUT2D eigenvalue weighted by Crippen LogP contribution is 2.15. The first-order chi connectivity index (χ1) is 30.5. The van der Waals surface area contributed by atoms with Crippen LogP contribution in [0.3, 0.4) is 0 Å². The molecule has 0 aliphatic heterocycles. The fourth-order valence-electron chi connectivity index (χ4n) is 7.76. The molecule has 0 N–H and O–H groups in total. The zero-order chi connectivity index (χ0) is 45.1. The molecular formula is C56H102O6. The fraction of sp³-hybridized carbons (Fsp3) is 0.839. The first-order valence-corrected chi connectivity index (χ1v) is 27.0. The first-order valence-electron chi connectivity index (χ1n) is 27.0. The van der Waals surface area contributed by atoms with E-state index in [1.54, 1.807) is 0 Å².